The van der Waals surface area contributed by atoms with E-state index in [1.165, 1.54) is 0 Å². The summed E-state index contributed by atoms with van der Waals surface area (Å²) in [6.07, 6.45) is 2.58. The smallest absolute Gasteiger partial charge is 0.137 e. The van der Waals surface area contributed by atoms with E-state index in [9.17, 15) is 0 Å². The van der Waals surface area contributed by atoms with Crippen molar-refractivity contribution in [3.8, 4) is 17.1 Å². The molecule has 1 aromatic heterocycles. The Morgan fingerprint density at radius 3 is 2.67 bits per heavy atom. The van der Waals surface area contributed by atoms with Gasteiger partial charge in [0.15, 0.2) is 0 Å². The summed E-state index contributed by atoms with van der Waals surface area (Å²) in [4.78, 5) is 7.42. The van der Waals surface area contributed by atoms with Gasteiger partial charge < -0.3 is 15.8 Å². The number of aromatic hydroxyl groups is 1. The highest BCUT2D eigenvalue weighted by Gasteiger charge is 2.02. The lowest BCUT2D eigenvalue weighted by Crippen LogP contribution is -2.02. The topological polar surface area (TPSA) is 74.9 Å². The fourth-order valence-electron chi connectivity index (χ4n) is 1.41. The van der Waals surface area contributed by atoms with Gasteiger partial charge in [0.2, 0.25) is 0 Å². The van der Waals surface area contributed by atoms with Crippen molar-refractivity contribution in [1.29, 1.82) is 0 Å². The first kappa shape index (κ1) is 9.73. The zero-order valence-corrected chi connectivity index (χ0v) is 8.27. The number of nitrogens with zero attached hydrogens (tertiary/aromatic N) is 1. The van der Waals surface area contributed by atoms with Crippen LogP contribution < -0.4 is 5.73 Å². The number of aromatic nitrogens is 2. The quantitative estimate of drug-likeness (QED) is 0.703. The lowest BCUT2D eigenvalue weighted by Gasteiger charge is -1.97. The third-order valence-corrected chi connectivity index (χ3v) is 2.18. The number of rotatable bonds is 3. The molecule has 1 heterocycles. The molecule has 0 saturated carbocycles. The Morgan fingerprint density at radius 2 is 2.00 bits per heavy atom. The lowest BCUT2D eigenvalue weighted by atomic mass is 10.2. The van der Waals surface area contributed by atoms with Crippen LogP contribution in [0.2, 0.25) is 0 Å². The average Bonchev–Trinajstić information content (AvgIpc) is 2.68. The first-order valence-corrected chi connectivity index (χ1v) is 4.83. The van der Waals surface area contributed by atoms with Gasteiger partial charge in [-0.1, -0.05) is 0 Å². The van der Waals surface area contributed by atoms with E-state index in [0.717, 1.165) is 23.5 Å². The van der Waals surface area contributed by atoms with Crippen LogP contribution in [0, 0.1) is 0 Å². The summed E-state index contributed by atoms with van der Waals surface area (Å²) >= 11 is 0. The number of nitrogens with one attached hydrogen (secondary N) is 1. The number of phenols is 1. The van der Waals surface area contributed by atoms with Gasteiger partial charge in [-0.05, 0) is 30.8 Å². The Kier molecular flexibility index (Phi) is 2.69. The summed E-state index contributed by atoms with van der Waals surface area (Å²) in [5.41, 5.74) is 7.43. The van der Waals surface area contributed by atoms with Crippen LogP contribution in [0.15, 0.2) is 30.5 Å². The maximum atomic E-state index is 9.15. The molecule has 4 nitrogen and oxygen atoms in total. The minimum absolute atomic E-state index is 0.257. The van der Waals surface area contributed by atoms with E-state index in [-0.39, 0.29) is 5.75 Å². The minimum atomic E-state index is 0.257. The summed E-state index contributed by atoms with van der Waals surface area (Å²) in [5.74, 6) is 1.06. The predicted molar refractivity (Wildman–Crippen MR) is 58.4 cm³/mol. The van der Waals surface area contributed by atoms with Gasteiger partial charge in [-0.15, -0.1) is 0 Å². The first-order valence-electron chi connectivity index (χ1n) is 4.83. The molecule has 0 unspecified atom stereocenters. The Hall–Kier alpha value is -1.81. The van der Waals surface area contributed by atoms with E-state index < -0.39 is 0 Å². The van der Waals surface area contributed by atoms with E-state index in [4.69, 9.17) is 10.8 Å². The minimum Gasteiger partial charge on any atom is -0.508 e. The Balaban J connectivity index is 2.25. The number of hydrogen-bond acceptors (Lipinski definition) is 3. The molecule has 0 atom stereocenters. The zero-order chi connectivity index (χ0) is 10.7. The fraction of sp³-hybridized carbons (Fsp3) is 0.182. The van der Waals surface area contributed by atoms with E-state index >= 15 is 0 Å². The molecule has 78 valence electrons. The SMILES string of the molecule is NCCc1cnc(-c2ccc(O)cc2)[nH]1. The third-order valence-electron chi connectivity index (χ3n) is 2.18. The van der Waals surface area contributed by atoms with Crippen molar-refractivity contribution in [2.75, 3.05) is 6.54 Å². The van der Waals surface area contributed by atoms with Gasteiger partial charge in [0.25, 0.3) is 0 Å². The molecule has 1 aromatic carbocycles. The van der Waals surface area contributed by atoms with E-state index in [1.54, 1.807) is 18.3 Å². The van der Waals surface area contributed by atoms with E-state index in [0.29, 0.717) is 6.54 Å². The lowest BCUT2D eigenvalue weighted by molar-refractivity contribution is 0.475. The summed E-state index contributed by atoms with van der Waals surface area (Å²) in [6.45, 7) is 0.608. The molecule has 0 aliphatic heterocycles. The van der Waals surface area contributed by atoms with Gasteiger partial charge >= 0.3 is 0 Å². The molecule has 0 aliphatic carbocycles. The van der Waals surface area contributed by atoms with E-state index in [1.807, 2.05) is 12.1 Å². The fourth-order valence-corrected chi connectivity index (χ4v) is 1.41. The molecule has 0 fully saturated rings. The summed E-state index contributed by atoms with van der Waals surface area (Å²) < 4.78 is 0. The predicted octanol–water partition coefficient (Wildman–Crippen LogP) is 1.28. The Bertz CT molecular complexity index is 433. The van der Waals surface area contributed by atoms with Crippen molar-refractivity contribution in [2.24, 2.45) is 5.73 Å². The maximum Gasteiger partial charge on any atom is 0.137 e. The largest absolute Gasteiger partial charge is 0.508 e. The van der Waals surface area contributed by atoms with Crippen LogP contribution in [0.1, 0.15) is 5.69 Å². The van der Waals surface area contributed by atoms with Gasteiger partial charge in [0, 0.05) is 23.9 Å². The highest BCUT2D eigenvalue weighted by atomic mass is 16.3. The molecular weight excluding hydrogens is 190 g/mol. The normalized spacial score (nSPS) is 10.5. The standard InChI is InChI=1S/C11H13N3O/c12-6-5-9-7-13-11(14-9)8-1-3-10(15)4-2-8/h1-4,7,15H,5-6,12H2,(H,13,14). The second-order valence-corrected chi connectivity index (χ2v) is 3.34. The highest BCUT2D eigenvalue weighted by molar-refractivity contribution is 5.56. The average molecular weight is 203 g/mol. The van der Waals surface area contributed by atoms with Crippen LogP contribution in [0.5, 0.6) is 5.75 Å². The number of phenolic OH excluding ortho intramolecular Hbond substituents is 1. The second kappa shape index (κ2) is 4.14. The van der Waals surface area contributed by atoms with Gasteiger partial charge in [-0.25, -0.2) is 4.98 Å². The van der Waals surface area contributed by atoms with Crippen LogP contribution in [0.3, 0.4) is 0 Å². The van der Waals surface area contributed by atoms with Gasteiger partial charge in [0.05, 0.1) is 0 Å². The van der Waals surface area contributed by atoms with Crippen molar-refractivity contribution in [3.63, 3.8) is 0 Å². The molecule has 4 N–H and O–H groups in total. The molecule has 0 saturated heterocycles. The summed E-state index contributed by atoms with van der Waals surface area (Å²) in [5, 5.41) is 9.15. The zero-order valence-electron chi connectivity index (χ0n) is 8.27. The molecule has 2 rings (SSSR count). The molecule has 2 aromatic rings. The molecule has 0 aliphatic rings. The number of nitrogens with two attached hydrogens (primary N) is 1. The molecular formula is C11H13N3O. The Morgan fingerprint density at radius 1 is 1.27 bits per heavy atom. The van der Waals surface area contributed by atoms with Crippen LogP contribution in [-0.2, 0) is 6.42 Å². The number of imidazole rings is 1. The van der Waals surface area contributed by atoms with Crippen molar-refractivity contribution < 1.29 is 5.11 Å². The second-order valence-electron chi connectivity index (χ2n) is 3.34. The first-order chi connectivity index (χ1) is 7.29. The number of aromatic amines is 1. The van der Waals surface area contributed by atoms with Gasteiger partial charge in [-0.2, -0.15) is 0 Å². The number of benzene rings is 1. The van der Waals surface area contributed by atoms with E-state index in [2.05, 4.69) is 9.97 Å². The molecule has 0 amide bonds. The van der Waals surface area contributed by atoms with Gasteiger partial charge in [-0.3, -0.25) is 0 Å². The van der Waals surface area contributed by atoms with Crippen molar-refractivity contribution in [3.05, 3.63) is 36.2 Å². The van der Waals surface area contributed by atoms with Crippen molar-refractivity contribution >= 4 is 0 Å². The third kappa shape index (κ3) is 2.16. The number of hydrogen-bond donors (Lipinski definition) is 3. The van der Waals surface area contributed by atoms with Crippen LogP contribution in [0.25, 0.3) is 11.4 Å². The molecule has 0 bridgehead atoms. The highest BCUT2D eigenvalue weighted by Crippen LogP contribution is 2.18. The number of H-pyrrole nitrogens is 1. The van der Waals surface area contributed by atoms with Gasteiger partial charge in [0.1, 0.15) is 11.6 Å². The molecule has 0 radical (unpaired) electrons. The van der Waals surface area contributed by atoms with Crippen molar-refractivity contribution in [1.82, 2.24) is 9.97 Å². The molecule has 4 heteroatoms. The summed E-state index contributed by atoms with van der Waals surface area (Å²) in [7, 11) is 0. The summed E-state index contributed by atoms with van der Waals surface area (Å²) in [6, 6.07) is 6.92. The van der Waals surface area contributed by atoms with Crippen LogP contribution in [0.4, 0.5) is 0 Å². The molecule has 0 spiro atoms. The van der Waals surface area contributed by atoms with Crippen LogP contribution >= 0.6 is 0 Å². The van der Waals surface area contributed by atoms with Crippen LogP contribution in [-0.4, -0.2) is 21.6 Å². The molecule has 15 heavy (non-hydrogen) atoms. The Labute approximate surface area is 87.8 Å². The maximum absolute atomic E-state index is 9.15. The monoisotopic (exact) mass is 203 g/mol. The van der Waals surface area contributed by atoms with Crippen molar-refractivity contribution in [2.45, 2.75) is 6.42 Å².